The van der Waals surface area contributed by atoms with Crippen molar-refractivity contribution < 1.29 is 18.4 Å². The maximum Gasteiger partial charge on any atom is 0.313 e. The summed E-state index contributed by atoms with van der Waals surface area (Å²) < 4.78 is 20.1. The first kappa shape index (κ1) is 21.5. The van der Waals surface area contributed by atoms with E-state index >= 15 is 0 Å². The molecule has 4 N–H and O–H groups in total. The molecule has 0 atom stereocenters. The van der Waals surface area contributed by atoms with Crippen LogP contribution in [-0.2, 0) is 0 Å². The van der Waals surface area contributed by atoms with E-state index < -0.39 is 18.3 Å². The Morgan fingerprint density at radius 2 is 1.25 bits per heavy atom. The molecule has 1 aromatic rings. The van der Waals surface area contributed by atoms with Crippen LogP contribution in [0, 0.1) is 0 Å². The van der Waals surface area contributed by atoms with Gasteiger partial charge in [-0.05, 0) is 18.2 Å². The molecule has 0 saturated carbocycles. The predicted octanol–water partition coefficient (Wildman–Crippen LogP) is 5.34. The van der Waals surface area contributed by atoms with Crippen LogP contribution >= 0.6 is 69.9 Å². The lowest BCUT2D eigenvalue weighted by atomic mass is 10.3. The summed E-state index contributed by atoms with van der Waals surface area (Å²) in [7, 11) is 0. The molecular formula is C10H8Cl4F2N4O2S2. The normalized spacial score (nSPS) is 11.6. The summed E-state index contributed by atoms with van der Waals surface area (Å²) >= 11 is 20.1. The van der Waals surface area contributed by atoms with Crippen molar-refractivity contribution in [3.05, 3.63) is 24.3 Å². The summed E-state index contributed by atoms with van der Waals surface area (Å²) in [5.41, 5.74) is 9.97. The highest BCUT2D eigenvalue weighted by molar-refractivity contribution is 8.16. The van der Waals surface area contributed by atoms with Crippen LogP contribution in [0.5, 0.6) is 0 Å². The lowest BCUT2D eigenvalue weighted by Crippen LogP contribution is -2.28. The number of thioether (sulfide) groups is 2. The van der Waals surface area contributed by atoms with Crippen LogP contribution in [0.25, 0.3) is 0 Å². The fourth-order valence-electron chi connectivity index (χ4n) is 1.18. The maximum atomic E-state index is 12.8. The minimum Gasteiger partial charge on any atom is -0.298 e. The van der Waals surface area contributed by atoms with E-state index in [2.05, 4.69) is 21.7 Å². The number of halogens is 6. The molecule has 0 unspecified atom stereocenters. The molecule has 1 aromatic carbocycles. The molecule has 0 radical (unpaired) electrons. The number of anilines is 2. The third-order valence-electron chi connectivity index (χ3n) is 1.90. The van der Waals surface area contributed by atoms with E-state index in [1.165, 1.54) is 6.07 Å². The highest BCUT2D eigenvalue weighted by atomic mass is 35.5. The number of nitrogens with one attached hydrogen (secondary N) is 4. The Morgan fingerprint density at radius 3 is 1.58 bits per heavy atom. The molecule has 0 saturated heterocycles. The average Bonchev–Trinajstić information content (AvgIpc) is 2.40. The van der Waals surface area contributed by atoms with Gasteiger partial charge in [0.2, 0.25) is 0 Å². The second-order valence-corrected chi connectivity index (χ2v) is 9.39. The van der Waals surface area contributed by atoms with Crippen molar-refractivity contribution in [2.24, 2.45) is 0 Å². The molecule has 6 nitrogen and oxygen atoms in total. The van der Waals surface area contributed by atoms with Crippen molar-refractivity contribution >= 4 is 91.8 Å². The Hall–Kier alpha value is -0.520. The van der Waals surface area contributed by atoms with Gasteiger partial charge in [-0.25, -0.2) is 0 Å². The van der Waals surface area contributed by atoms with Crippen molar-refractivity contribution in [2.45, 2.75) is 7.84 Å². The third-order valence-corrected chi connectivity index (χ3v) is 3.86. The molecular weight excluding hydrogens is 452 g/mol. The van der Waals surface area contributed by atoms with E-state index in [4.69, 9.17) is 46.4 Å². The first-order chi connectivity index (χ1) is 10.9. The zero-order chi connectivity index (χ0) is 18.4. The number of hydrogen-bond donors (Lipinski definition) is 4. The van der Waals surface area contributed by atoms with Gasteiger partial charge in [-0.3, -0.25) is 31.3 Å². The van der Waals surface area contributed by atoms with Gasteiger partial charge in [0.15, 0.2) is 0 Å². The number of benzene rings is 1. The zero-order valence-corrected chi connectivity index (χ0v) is 15.9. The van der Waals surface area contributed by atoms with Crippen molar-refractivity contribution in [2.75, 3.05) is 10.9 Å². The standard InChI is InChI=1S/C10H8Cl4F2N4O2S2/c11-9(12,15)23-7(21)19-17-5-2-1-3-6(4-5)18-20-8(22)24-10(13,14)16/h1-4,17-18H,(H,19,21)(H,20,22). The Kier molecular flexibility index (Phi) is 8.30. The van der Waals surface area contributed by atoms with Crippen LogP contribution in [0.1, 0.15) is 0 Å². The molecule has 1 rings (SSSR count). The van der Waals surface area contributed by atoms with Gasteiger partial charge in [0.05, 0.1) is 11.4 Å². The molecule has 0 aliphatic carbocycles. The van der Waals surface area contributed by atoms with Gasteiger partial charge in [-0.15, -0.1) is 0 Å². The first-order valence-electron chi connectivity index (χ1n) is 5.68. The second-order valence-electron chi connectivity index (χ2n) is 3.75. The van der Waals surface area contributed by atoms with Crippen molar-refractivity contribution in [1.82, 2.24) is 10.9 Å². The smallest absolute Gasteiger partial charge is 0.298 e. The van der Waals surface area contributed by atoms with Gasteiger partial charge in [-0.2, -0.15) is 8.78 Å². The van der Waals surface area contributed by atoms with E-state index in [9.17, 15) is 18.4 Å². The molecule has 0 fully saturated rings. The van der Waals surface area contributed by atoms with Crippen molar-refractivity contribution in [3.63, 3.8) is 0 Å². The summed E-state index contributed by atoms with van der Waals surface area (Å²) in [4.78, 5) is 22.6. The number of alkyl halides is 6. The van der Waals surface area contributed by atoms with E-state index in [-0.39, 0.29) is 23.5 Å². The SMILES string of the molecule is O=C(NNc1cccc(NNC(=O)SC(F)(Cl)Cl)c1)SC(F)(Cl)Cl. The van der Waals surface area contributed by atoms with Crippen LogP contribution in [0.2, 0.25) is 0 Å². The van der Waals surface area contributed by atoms with Crippen molar-refractivity contribution in [1.29, 1.82) is 0 Å². The number of carbonyl (C=O) groups is 2. The van der Waals surface area contributed by atoms with Crippen LogP contribution in [0.15, 0.2) is 24.3 Å². The van der Waals surface area contributed by atoms with E-state index in [0.29, 0.717) is 11.4 Å². The van der Waals surface area contributed by atoms with E-state index in [1.807, 2.05) is 0 Å². The molecule has 0 aliphatic rings. The van der Waals surface area contributed by atoms with Gasteiger partial charge in [0.1, 0.15) is 0 Å². The number of hydrogen-bond acceptors (Lipinski definition) is 6. The van der Waals surface area contributed by atoms with Gasteiger partial charge in [0.25, 0.3) is 0 Å². The van der Waals surface area contributed by atoms with Crippen LogP contribution in [0.4, 0.5) is 29.7 Å². The van der Waals surface area contributed by atoms with Gasteiger partial charge >= 0.3 is 18.3 Å². The third kappa shape index (κ3) is 10.4. The molecule has 0 bridgehead atoms. The average molecular weight is 460 g/mol. The Morgan fingerprint density at radius 1 is 0.875 bits per heavy atom. The number of carbonyl (C=O) groups excluding carboxylic acids is 2. The predicted molar refractivity (Wildman–Crippen MR) is 97.0 cm³/mol. The monoisotopic (exact) mass is 458 g/mol. The molecule has 0 aromatic heterocycles. The Labute approximate surface area is 163 Å². The first-order valence-corrected chi connectivity index (χ1v) is 8.82. The quantitative estimate of drug-likeness (QED) is 0.339. The largest absolute Gasteiger partial charge is 0.313 e. The summed E-state index contributed by atoms with van der Waals surface area (Å²) in [5.74, 6) is 0. The van der Waals surface area contributed by atoms with Gasteiger partial charge in [-0.1, -0.05) is 52.5 Å². The van der Waals surface area contributed by atoms with Crippen LogP contribution in [0.3, 0.4) is 0 Å². The highest BCUT2D eigenvalue weighted by Gasteiger charge is 2.28. The fraction of sp³-hybridized carbons (Fsp3) is 0.200. The molecule has 0 heterocycles. The lowest BCUT2D eigenvalue weighted by Gasteiger charge is -2.13. The van der Waals surface area contributed by atoms with Gasteiger partial charge < -0.3 is 0 Å². The molecule has 2 amide bonds. The fourth-order valence-corrected chi connectivity index (χ4v) is 2.65. The zero-order valence-electron chi connectivity index (χ0n) is 11.2. The van der Waals surface area contributed by atoms with E-state index in [0.717, 1.165) is 0 Å². The van der Waals surface area contributed by atoms with Gasteiger partial charge in [0, 0.05) is 23.5 Å². The second kappa shape index (κ2) is 9.25. The summed E-state index contributed by atoms with van der Waals surface area (Å²) in [5, 5.41) is -1.73. The van der Waals surface area contributed by atoms with E-state index in [1.54, 1.807) is 18.2 Å². The molecule has 134 valence electrons. The minimum absolute atomic E-state index is 0.0154. The highest BCUT2D eigenvalue weighted by Crippen LogP contribution is 2.36. The Balaban J connectivity index is 2.49. The maximum absolute atomic E-state index is 12.8. The lowest BCUT2D eigenvalue weighted by molar-refractivity contribution is 0.261. The van der Waals surface area contributed by atoms with Crippen LogP contribution in [-0.4, -0.2) is 18.3 Å². The minimum atomic E-state index is -2.76. The molecule has 14 heteroatoms. The Bertz CT molecular complexity index is 554. The summed E-state index contributed by atoms with van der Waals surface area (Å²) in [6.07, 6.45) is 0. The topological polar surface area (TPSA) is 82.3 Å². The summed E-state index contributed by atoms with van der Waals surface area (Å²) in [6.45, 7) is 0. The molecule has 0 aliphatic heterocycles. The summed E-state index contributed by atoms with van der Waals surface area (Å²) in [6, 6.07) is 6.14. The molecule has 0 spiro atoms. The number of hydrazine groups is 2. The van der Waals surface area contributed by atoms with Crippen molar-refractivity contribution in [3.8, 4) is 0 Å². The molecule has 24 heavy (non-hydrogen) atoms. The number of amides is 2. The van der Waals surface area contributed by atoms with Crippen LogP contribution < -0.4 is 21.7 Å². The number of rotatable bonds is 6.